The second-order valence-electron chi connectivity index (χ2n) is 3.09. The lowest BCUT2D eigenvalue weighted by molar-refractivity contribution is 0.0640. The molecular formula is C11H8N2O3. The molecule has 1 heterocycles. The average Bonchev–Trinajstić information content (AvgIpc) is 2.27. The van der Waals surface area contributed by atoms with Gasteiger partial charge in [0.25, 0.3) is 0 Å². The Kier molecular flexibility index (Phi) is 2.51. The predicted molar refractivity (Wildman–Crippen MR) is 56.7 cm³/mol. The monoisotopic (exact) mass is 216 g/mol. The lowest BCUT2D eigenvalue weighted by Crippen LogP contribution is -2.18. The van der Waals surface area contributed by atoms with Gasteiger partial charge in [-0.3, -0.25) is 4.98 Å². The van der Waals surface area contributed by atoms with Crippen LogP contribution in [0.1, 0.15) is 10.4 Å². The maximum absolute atomic E-state index is 11.5. The van der Waals surface area contributed by atoms with Gasteiger partial charge in [-0.25, -0.2) is 9.59 Å². The molecule has 0 aliphatic heterocycles. The molecule has 0 radical (unpaired) electrons. The first kappa shape index (κ1) is 10.1. The zero-order chi connectivity index (χ0) is 11.5. The number of primary amides is 1. The molecule has 0 fully saturated rings. The van der Waals surface area contributed by atoms with Gasteiger partial charge in [0.05, 0.1) is 11.1 Å². The molecule has 2 rings (SSSR count). The number of para-hydroxylation sites is 1. The molecule has 0 saturated carbocycles. The molecule has 5 nitrogen and oxygen atoms in total. The number of hydrogen-bond donors (Lipinski definition) is 1. The molecule has 1 aromatic carbocycles. The molecule has 0 spiro atoms. The summed E-state index contributed by atoms with van der Waals surface area (Å²) in [7, 11) is 0. The largest absolute Gasteiger partial charge is 0.412 e. The number of rotatable bonds is 1. The summed E-state index contributed by atoms with van der Waals surface area (Å²) >= 11 is 0. The van der Waals surface area contributed by atoms with E-state index in [1.807, 2.05) is 12.1 Å². The van der Waals surface area contributed by atoms with Gasteiger partial charge in [0.15, 0.2) is 0 Å². The van der Waals surface area contributed by atoms with Crippen molar-refractivity contribution in [1.29, 1.82) is 0 Å². The lowest BCUT2D eigenvalue weighted by atomic mass is 10.1. The van der Waals surface area contributed by atoms with Crippen molar-refractivity contribution >= 4 is 23.0 Å². The summed E-state index contributed by atoms with van der Waals surface area (Å²) in [6, 6.07) is 8.58. The van der Waals surface area contributed by atoms with Crippen LogP contribution in [0.15, 0.2) is 36.5 Å². The van der Waals surface area contributed by atoms with E-state index in [0.29, 0.717) is 5.52 Å². The Morgan fingerprint density at radius 1 is 1.19 bits per heavy atom. The van der Waals surface area contributed by atoms with E-state index < -0.39 is 12.1 Å². The standard InChI is InChI=1S/C11H8N2O3/c12-11(15)16-10(14)8-5-1-3-7-4-2-6-13-9(7)8/h1-6H,(H2,12,15). The van der Waals surface area contributed by atoms with Crippen LogP contribution in [0.3, 0.4) is 0 Å². The van der Waals surface area contributed by atoms with Crippen molar-refractivity contribution in [3.63, 3.8) is 0 Å². The lowest BCUT2D eigenvalue weighted by Gasteiger charge is -2.03. The number of pyridine rings is 1. The van der Waals surface area contributed by atoms with Crippen molar-refractivity contribution in [2.45, 2.75) is 0 Å². The van der Waals surface area contributed by atoms with Crippen molar-refractivity contribution in [1.82, 2.24) is 4.98 Å². The van der Waals surface area contributed by atoms with E-state index in [2.05, 4.69) is 9.72 Å². The van der Waals surface area contributed by atoms with Crippen LogP contribution in [0, 0.1) is 0 Å². The van der Waals surface area contributed by atoms with Crippen LogP contribution in [-0.4, -0.2) is 17.0 Å². The highest BCUT2D eigenvalue weighted by Gasteiger charge is 2.14. The van der Waals surface area contributed by atoms with Gasteiger partial charge >= 0.3 is 12.1 Å². The second kappa shape index (κ2) is 3.98. The van der Waals surface area contributed by atoms with Gasteiger partial charge in [-0.2, -0.15) is 0 Å². The normalized spacial score (nSPS) is 10.0. The smallest absolute Gasteiger partial charge is 0.373 e. The van der Waals surface area contributed by atoms with E-state index in [-0.39, 0.29) is 5.56 Å². The summed E-state index contributed by atoms with van der Waals surface area (Å²) in [4.78, 5) is 26.0. The maximum Gasteiger partial charge on any atom is 0.412 e. The summed E-state index contributed by atoms with van der Waals surface area (Å²) in [6.45, 7) is 0. The number of fused-ring (bicyclic) bond motifs is 1. The third-order valence-electron chi connectivity index (χ3n) is 2.05. The fourth-order valence-corrected chi connectivity index (χ4v) is 1.42. The van der Waals surface area contributed by atoms with Crippen molar-refractivity contribution in [2.24, 2.45) is 5.73 Å². The summed E-state index contributed by atoms with van der Waals surface area (Å²) in [6.07, 6.45) is 0.432. The van der Waals surface area contributed by atoms with Gasteiger partial charge in [-0.05, 0) is 12.1 Å². The molecule has 0 aliphatic rings. The van der Waals surface area contributed by atoms with E-state index in [1.165, 1.54) is 6.07 Å². The van der Waals surface area contributed by atoms with Crippen LogP contribution in [0.4, 0.5) is 4.79 Å². The Morgan fingerprint density at radius 3 is 2.69 bits per heavy atom. The van der Waals surface area contributed by atoms with E-state index in [1.54, 1.807) is 18.3 Å². The molecule has 1 amide bonds. The van der Waals surface area contributed by atoms with E-state index >= 15 is 0 Å². The minimum absolute atomic E-state index is 0.219. The van der Waals surface area contributed by atoms with Crippen molar-refractivity contribution in [3.8, 4) is 0 Å². The molecule has 2 aromatic rings. The maximum atomic E-state index is 11.5. The number of ether oxygens (including phenoxy) is 1. The number of esters is 1. The van der Waals surface area contributed by atoms with E-state index in [9.17, 15) is 9.59 Å². The number of aromatic nitrogens is 1. The Hall–Kier alpha value is -2.43. The van der Waals surface area contributed by atoms with Gasteiger partial charge in [-0.1, -0.05) is 18.2 Å². The van der Waals surface area contributed by atoms with Gasteiger partial charge in [-0.15, -0.1) is 0 Å². The molecule has 0 saturated heterocycles. The topological polar surface area (TPSA) is 82.3 Å². The van der Waals surface area contributed by atoms with E-state index in [0.717, 1.165) is 5.39 Å². The van der Waals surface area contributed by atoms with Crippen LogP contribution in [0.25, 0.3) is 10.9 Å². The second-order valence-corrected chi connectivity index (χ2v) is 3.09. The van der Waals surface area contributed by atoms with Crippen molar-refractivity contribution in [2.75, 3.05) is 0 Å². The SMILES string of the molecule is NC(=O)OC(=O)c1cccc2cccnc12. The fraction of sp³-hybridized carbons (Fsp3) is 0. The average molecular weight is 216 g/mol. The van der Waals surface area contributed by atoms with Crippen LogP contribution in [-0.2, 0) is 4.74 Å². The number of carbonyl (C=O) groups is 2. The summed E-state index contributed by atoms with van der Waals surface area (Å²) in [5.41, 5.74) is 5.47. The molecule has 0 bridgehead atoms. The summed E-state index contributed by atoms with van der Waals surface area (Å²) in [5, 5.41) is 0.793. The highest BCUT2D eigenvalue weighted by atomic mass is 16.6. The molecule has 1 aromatic heterocycles. The van der Waals surface area contributed by atoms with Crippen LogP contribution in [0.5, 0.6) is 0 Å². The summed E-state index contributed by atoms with van der Waals surface area (Å²) in [5.74, 6) is -0.795. The Bertz CT molecular complexity index is 561. The number of nitrogens with two attached hydrogens (primary N) is 1. The number of nitrogens with zero attached hydrogens (tertiary/aromatic N) is 1. The number of amides is 1. The first-order valence-corrected chi connectivity index (χ1v) is 4.54. The molecule has 0 aliphatic carbocycles. The summed E-state index contributed by atoms with van der Waals surface area (Å²) < 4.78 is 4.30. The zero-order valence-electron chi connectivity index (χ0n) is 8.21. The van der Waals surface area contributed by atoms with Crippen molar-refractivity contribution in [3.05, 3.63) is 42.1 Å². The Balaban J connectivity index is 2.52. The molecule has 2 N–H and O–H groups in total. The third-order valence-corrected chi connectivity index (χ3v) is 2.05. The third kappa shape index (κ3) is 1.83. The van der Waals surface area contributed by atoms with Gasteiger partial charge in [0.2, 0.25) is 0 Å². The number of carbonyl (C=O) groups excluding carboxylic acids is 2. The van der Waals surface area contributed by atoms with Gasteiger partial charge in [0.1, 0.15) is 0 Å². The first-order chi connectivity index (χ1) is 7.68. The highest BCUT2D eigenvalue weighted by Crippen LogP contribution is 2.16. The van der Waals surface area contributed by atoms with E-state index in [4.69, 9.17) is 5.73 Å². The van der Waals surface area contributed by atoms with Crippen LogP contribution in [0.2, 0.25) is 0 Å². The van der Waals surface area contributed by atoms with Crippen molar-refractivity contribution < 1.29 is 14.3 Å². The van der Waals surface area contributed by atoms with Gasteiger partial charge < -0.3 is 10.5 Å². The minimum Gasteiger partial charge on any atom is -0.373 e. The molecule has 5 heteroatoms. The number of hydrogen-bond acceptors (Lipinski definition) is 4. The Labute approximate surface area is 90.8 Å². The Morgan fingerprint density at radius 2 is 1.94 bits per heavy atom. The highest BCUT2D eigenvalue weighted by molar-refractivity contribution is 6.05. The first-order valence-electron chi connectivity index (χ1n) is 4.54. The molecule has 0 unspecified atom stereocenters. The minimum atomic E-state index is -1.13. The predicted octanol–water partition coefficient (Wildman–Crippen LogP) is 1.47. The number of benzene rings is 1. The van der Waals surface area contributed by atoms with Crippen LogP contribution >= 0.6 is 0 Å². The molecular weight excluding hydrogens is 208 g/mol. The molecule has 16 heavy (non-hydrogen) atoms. The van der Waals surface area contributed by atoms with Crippen LogP contribution < -0.4 is 5.73 Å². The molecule has 0 atom stereocenters. The quantitative estimate of drug-likeness (QED) is 0.578. The van der Waals surface area contributed by atoms with Gasteiger partial charge in [0, 0.05) is 11.6 Å². The fourth-order valence-electron chi connectivity index (χ4n) is 1.42. The zero-order valence-corrected chi connectivity index (χ0v) is 8.21. The molecule has 80 valence electrons.